The fourth-order valence-electron chi connectivity index (χ4n) is 6.30. The summed E-state index contributed by atoms with van der Waals surface area (Å²) in [7, 11) is 0. The van der Waals surface area contributed by atoms with Crippen LogP contribution in [0.3, 0.4) is 0 Å². The summed E-state index contributed by atoms with van der Waals surface area (Å²) in [5, 5.41) is 6.71. The topological polar surface area (TPSA) is 41.1 Å². The van der Waals surface area contributed by atoms with E-state index in [4.69, 9.17) is 0 Å². The molecule has 4 saturated carbocycles. The van der Waals surface area contributed by atoms with Gasteiger partial charge in [0.1, 0.15) is 0 Å². The number of hydrogen-bond acceptors (Lipinski definition) is 2. The van der Waals surface area contributed by atoms with E-state index in [1.807, 2.05) is 0 Å². The first-order valence-electron chi connectivity index (χ1n) is 8.56. The van der Waals surface area contributed by atoms with Crippen molar-refractivity contribution in [3.8, 4) is 0 Å². The summed E-state index contributed by atoms with van der Waals surface area (Å²) in [6, 6.07) is 0. The molecule has 4 bridgehead atoms. The van der Waals surface area contributed by atoms with Gasteiger partial charge in [0.15, 0.2) is 0 Å². The molecule has 0 radical (unpaired) electrons. The monoisotopic (exact) mass is 276 g/mol. The molecule has 2 N–H and O–H groups in total. The summed E-state index contributed by atoms with van der Waals surface area (Å²) in [6.07, 6.45) is 8.88. The molecule has 112 valence electrons. The number of carbonyl (C=O) groups is 1. The molecule has 3 atom stereocenters. The highest BCUT2D eigenvalue weighted by Crippen LogP contribution is 2.65. The van der Waals surface area contributed by atoms with Crippen molar-refractivity contribution in [3.63, 3.8) is 0 Å². The highest BCUT2D eigenvalue weighted by Gasteiger charge is 2.58. The minimum atomic E-state index is 0.00483. The lowest BCUT2D eigenvalue weighted by Crippen LogP contribution is -2.57. The smallest absolute Gasteiger partial charge is 0.226 e. The van der Waals surface area contributed by atoms with Crippen LogP contribution in [0.4, 0.5) is 0 Å². The van der Waals surface area contributed by atoms with Gasteiger partial charge in [0.05, 0.1) is 5.41 Å². The number of rotatable bonds is 3. The molecule has 0 aromatic heterocycles. The van der Waals surface area contributed by atoms with E-state index in [9.17, 15) is 4.79 Å². The summed E-state index contributed by atoms with van der Waals surface area (Å²) in [4.78, 5) is 12.9. The lowest BCUT2D eigenvalue weighted by Gasteiger charge is -2.60. The molecule has 5 aliphatic rings. The van der Waals surface area contributed by atoms with Crippen LogP contribution in [0.15, 0.2) is 0 Å². The largest absolute Gasteiger partial charge is 0.355 e. The minimum absolute atomic E-state index is 0.00483. The van der Waals surface area contributed by atoms with Gasteiger partial charge in [0.25, 0.3) is 0 Å². The van der Waals surface area contributed by atoms with Crippen LogP contribution in [0, 0.1) is 28.6 Å². The van der Waals surface area contributed by atoms with Gasteiger partial charge in [-0.3, -0.25) is 4.79 Å². The maximum Gasteiger partial charge on any atom is 0.226 e. The highest BCUT2D eigenvalue weighted by molar-refractivity contribution is 5.83. The first kappa shape index (κ1) is 13.1. The van der Waals surface area contributed by atoms with Crippen LogP contribution in [-0.2, 0) is 4.79 Å². The SMILES string of the molecule is CC12CC3CC(C1)CC(C(=O)NCC1CCNC1)(C3)C2. The van der Waals surface area contributed by atoms with Gasteiger partial charge < -0.3 is 10.6 Å². The highest BCUT2D eigenvalue weighted by atomic mass is 16.2. The molecule has 1 saturated heterocycles. The number of amides is 1. The predicted molar refractivity (Wildman–Crippen MR) is 79.2 cm³/mol. The molecule has 0 aromatic rings. The molecule has 5 fully saturated rings. The molecule has 4 aliphatic carbocycles. The molecule has 0 aromatic carbocycles. The second-order valence-corrected chi connectivity index (χ2v) is 8.62. The van der Waals surface area contributed by atoms with Gasteiger partial charge in [0, 0.05) is 6.54 Å². The molecule has 5 rings (SSSR count). The van der Waals surface area contributed by atoms with E-state index in [2.05, 4.69) is 17.6 Å². The van der Waals surface area contributed by atoms with Crippen molar-refractivity contribution in [3.05, 3.63) is 0 Å². The summed E-state index contributed by atoms with van der Waals surface area (Å²) in [5.41, 5.74) is 0.473. The zero-order valence-corrected chi connectivity index (χ0v) is 12.7. The van der Waals surface area contributed by atoms with Crippen molar-refractivity contribution in [1.82, 2.24) is 10.6 Å². The van der Waals surface area contributed by atoms with Crippen LogP contribution in [0.5, 0.6) is 0 Å². The Balaban J connectivity index is 1.45. The van der Waals surface area contributed by atoms with Crippen LogP contribution in [0.1, 0.15) is 51.9 Å². The van der Waals surface area contributed by atoms with Crippen molar-refractivity contribution >= 4 is 5.91 Å². The van der Waals surface area contributed by atoms with Crippen LogP contribution in [0.2, 0.25) is 0 Å². The lowest BCUT2D eigenvalue weighted by molar-refractivity contribution is -0.155. The molecule has 1 heterocycles. The van der Waals surface area contributed by atoms with Gasteiger partial charge in [0.2, 0.25) is 5.91 Å². The maximum absolute atomic E-state index is 12.9. The Morgan fingerprint density at radius 2 is 2.00 bits per heavy atom. The number of hydrogen-bond donors (Lipinski definition) is 2. The van der Waals surface area contributed by atoms with Crippen LogP contribution < -0.4 is 10.6 Å². The molecular weight excluding hydrogens is 248 g/mol. The van der Waals surface area contributed by atoms with Crippen molar-refractivity contribution in [2.24, 2.45) is 28.6 Å². The zero-order valence-electron chi connectivity index (χ0n) is 12.7. The van der Waals surface area contributed by atoms with Crippen LogP contribution in [-0.4, -0.2) is 25.5 Å². The Morgan fingerprint density at radius 1 is 1.25 bits per heavy atom. The van der Waals surface area contributed by atoms with Crippen LogP contribution in [0.25, 0.3) is 0 Å². The molecule has 1 aliphatic heterocycles. The van der Waals surface area contributed by atoms with Gasteiger partial charge in [-0.25, -0.2) is 0 Å². The van der Waals surface area contributed by atoms with Crippen molar-refractivity contribution in [2.45, 2.75) is 51.9 Å². The van der Waals surface area contributed by atoms with Gasteiger partial charge in [-0.05, 0) is 81.2 Å². The van der Waals surface area contributed by atoms with E-state index in [0.717, 1.165) is 37.9 Å². The quantitative estimate of drug-likeness (QED) is 0.830. The normalized spacial score (nSPS) is 49.5. The van der Waals surface area contributed by atoms with Crippen molar-refractivity contribution in [1.29, 1.82) is 0 Å². The van der Waals surface area contributed by atoms with Crippen LogP contribution >= 0.6 is 0 Å². The van der Waals surface area contributed by atoms with Crippen molar-refractivity contribution in [2.75, 3.05) is 19.6 Å². The average Bonchev–Trinajstić information content (AvgIpc) is 2.85. The zero-order chi connectivity index (χ0) is 13.8. The van der Waals surface area contributed by atoms with E-state index >= 15 is 0 Å². The first-order valence-corrected chi connectivity index (χ1v) is 8.56. The second kappa shape index (κ2) is 4.46. The van der Waals surface area contributed by atoms with Gasteiger partial charge in [-0.2, -0.15) is 0 Å². The molecule has 20 heavy (non-hydrogen) atoms. The predicted octanol–water partition coefficient (Wildman–Crippen LogP) is 2.32. The first-order chi connectivity index (χ1) is 9.57. The molecular formula is C17H28N2O. The van der Waals surface area contributed by atoms with Gasteiger partial charge in [-0.1, -0.05) is 6.92 Å². The summed E-state index contributed by atoms with van der Waals surface area (Å²) in [5.74, 6) is 2.72. The Hall–Kier alpha value is -0.570. The molecule has 1 amide bonds. The maximum atomic E-state index is 12.9. The molecule has 0 spiro atoms. The third-order valence-electron chi connectivity index (χ3n) is 6.55. The molecule has 3 nitrogen and oxygen atoms in total. The fraction of sp³-hybridized carbons (Fsp3) is 0.941. The molecule has 3 heteroatoms. The Labute approximate surface area is 122 Å². The lowest BCUT2D eigenvalue weighted by atomic mass is 9.44. The minimum Gasteiger partial charge on any atom is -0.355 e. The van der Waals surface area contributed by atoms with E-state index in [1.54, 1.807) is 0 Å². The Morgan fingerprint density at radius 3 is 2.60 bits per heavy atom. The summed E-state index contributed by atoms with van der Waals surface area (Å²) in [6.45, 7) is 5.52. The number of carbonyl (C=O) groups excluding carboxylic acids is 1. The third kappa shape index (κ3) is 2.09. The molecule has 3 unspecified atom stereocenters. The second-order valence-electron chi connectivity index (χ2n) is 8.62. The van der Waals surface area contributed by atoms with E-state index in [1.165, 1.54) is 38.5 Å². The summed E-state index contributed by atoms with van der Waals surface area (Å²) < 4.78 is 0. The third-order valence-corrected chi connectivity index (χ3v) is 6.55. The average molecular weight is 276 g/mol. The van der Waals surface area contributed by atoms with Crippen molar-refractivity contribution < 1.29 is 4.79 Å². The Kier molecular flexibility index (Phi) is 2.93. The van der Waals surface area contributed by atoms with E-state index < -0.39 is 0 Å². The van der Waals surface area contributed by atoms with E-state index in [0.29, 0.717) is 17.2 Å². The summed E-state index contributed by atoms with van der Waals surface area (Å²) >= 11 is 0. The Bertz CT molecular complexity index is 399. The van der Waals surface area contributed by atoms with Gasteiger partial charge >= 0.3 is 0 Å². The standard InChI is InChI=1S/C17H28N2O/c1-16-5-13-4-14(6-16)8-17(7-13,11-16)15(20)19-10-12-2-3-18-9-12/h12-14,18H,2-11H2,1H3,(H,19,20). The number of nitrogens with one attached hydrogen (secondary N) is 2. The van der Waals surface area contributed by atoms with Gasteiger partial charge in [-0.15, -0.1) is 0 Å². The van der Waals surface area contributed by atoms with E-state index in [-0.39, 0.29) is 5.41 Å². The fourth-order valence-corrected chi connectivity index (χ4v) is 6.30.